The minimum Gasteiger partial charge on any atom is -0.508 e. The van der Waals surface area contributed by atoms with Crippen LogP contribution in [0.5, 0.6) is 23.0 Å². The second kappa shape index (κ2) is 11.4. The van der Waals surface area contributed by atoms with Crippen molar-refractivity contribution in [2.45, 2.75) is 12.8 Å². The van der Waals surface area contributed by atoms with Crippen LogP contribution in [0.2, 0.25) is 0 Å². The fraction of sp³-hybridized carbons (Fsp3) is 0.0526. The number of benzene rings is 2. The molecule has 2 N–H and O–H groups in total. The minimum absolute atomic E-state index is 0.0514. The highest BCUT2D eigenvalue weighted by Gasteiger charge is 2.29. The van der Waals surface area contributed by atoms with E-state index < -0.39 is 0 Å². The van der Waals surface area contributed by atoms with Gasteiger partial charge < -0.3 is 14.9 Å². The van der Waals surface area contributed by atoms with Crippen LogP contribution in [-0.2, 0) is 0 Å². The minimum atomic E-state index is -0.380. The van der Waals surface area contributed by atoms with Gasteiger partial charge in [0.05, 0.1) is 0 Å². The van der Waals surface area contributed by atoms with Gasteiger partial charge in [0.25, 0.3) is 0 Å². The summed E-state index contributed by atoms with van der Waals surface area (Å²) in [5.41, 5.74) is 5.41. The number of aryl methyl sites for hydroxylation is 1. The summed E-state index contributed by atoms with van der Waals surface area (Å²) in [4.78, 5) is 0. The summed E-state index contributed by atoms with van der Waals surface area (Å²) in [5, 5.41) is 24.1. The van der Waals surface area contributed by atoms with Crippen molar-refractivity contribution in [1.82, 2.24) is 0 Å². The molecular formula is C38H32O3. The van der Waals surface area contributed by atoms with Crippen LogP contribution in [0.15, 0.2) is 109 Å². The Bertz CT molecular complexity index is 1960. The van der Waals surface area contributed by atoms with E-state index in [0.717, 1.165) is 27.8 Å². The second-order valence-corrected chi connectivity index (χ2v) is 10.2. The van der Waals surface area contributed by atoms with E-state index in [1.54, 1.807) is 24.3 Å². The Hall–Kier alpha value is -5.28. The van der Waals surface area contributed by atoms with E-state index in [-0.39, 0.29) is 17.4 Å². The van der Waals surface area contributed by atoms with Crippen molar-refractivity contribution in [3.63, 3.8) is 0 Å². The van der Waals surface area contributed by atoms with Crippen molar-refractivity contribution in [3.8, 4) is 34.1 Å². The summed E-state index contributed by atoms with van der Waals surface area (Å²) in [7, 11) is 0. The molecule has 5 rings (SSSR count). The SMILES string of the molecule is C=c1ccc(O)cc(=C)c2c(cc1)Oc1ccc(=C)cc(C)c(O)cc(=C)c1C2c1ccc(-c2ccccc2)cc1. The van der Waals surface area contributed by atoms with Gasteiger partial charge in [0, 0.05) is 17.0 Å². The van der Waals surface area contributed by atoms with Crippen LogP contribution in [0.25, 0.3) is 37.4 Å². The molecule has 41 heavy (non-hydrogen) atoms. The van der Waals surface area contributed by atoms with Gasteiger partial charge in [-0.15, -0.1) is 0 Å². The van der Waals surface area contributed by atoms with E-state index in [9.17, 15) is 10.2 Å². The van der Waals surface area contributed by atoms with E-state index in [0.29, 0.717) is 37.9 Å². The van der Waals surface area contributed by atoms with Crippen LogP contribution in [0, 0.1) is 6.92 Å². The molecule has 0 fully saturated rings. The Labute approximate surface area is 240 Å². The molecule has 0 saturated heterocycles. The molecule has 1 unspecified atom stereocenters. The maximum absolute atomic E-state index is 10.9. The van der Waals surface area contributed by atoms with Crippen LogP contribution in [0.4, 0.5) is 0 Å². The van der Waals surface area contributed by atoms with Crippen LogP contribution < -0.4 is 25.6 Å². The summed E-state index contributed by atoms with van der Waals surface area (Å²) in [6, 6.07) is 34.4. The lowest BCUT2D eigenvalue weighted by Crippen LogP contribution is -2.24. The lowest BCUT2D eigenvalue weighted by molar-refractivity contribution is 0.451. The number of ether oxygens (including phenoxy) is 1. The molecule has 0 radical (unpaired) electrons. The molecule has 3 heteroatoms. The maximum Gasteiger partial charge on any atom is 0.132 e. The summed E-state index contributed by atoms with van der Waals surface area (Å²) >= 11 is 0. The highest BCUT2D eigenvalue weighted by molar-refractivity contribution is 5.65. The van der Waals surface area contributed by atoms with Gasteiger partial charge in [-0.05, 0) is 86.5 Å². The normalized spacial score (nSPS) is 13.0. The molecule has 0 aliphatic carbocycles. The molecular weight excluding hydrogens is 504 g/mol. The van der Waals surface area contributed by atoms with Crippen molar-refractivity contribution in [1.29, 1.82) is 0 Å². The first kappa shape index (κ1) is 27.3. The first-order valence-corrected chi connectivity index (χ1v) is 13.3. The first-order chi connectivity index (χ1) is 19.7. The Morgan fingerprint density at radius 1 is 0.585 bits per heavy atom. The zero-order valence-electron chi connectivity index (χ0n) is 23.1. The standard InChI is InChI=1S/C38H32O3/c1-24-11-18-32(39)22-27(4)36-34(19-12-24)41-35-20-13-25(2)21-26(3)33(40)23-28(5)37(35)38(36)31-16-14-30(15-17-31)29-9-7-6-8-10-29/h6-23,38-40H,1-2,4-5H2,3H3. The Morgan fingerprint density at radius 2 is 1.15 bits per heavy atom. The maximum atomic E-state index is 10.9. The van der Waals surface area contributed by atoms with Gasteiger partial charge in [-0.1, -0.05) is 99.1 Å². The fourth-order valence-corrected chi connectivity index (χ4v) is 5.10. The number of hydrogen-bond donors (Lipinski definition) is 2. The molecule has 3 nitrogen and oxygen atoms in total. The van der Waals surface area contributed by atoms with Crippen LogP contribution >= 0.6 is 0 Å². The highest BCUT2D eigenvalue weighted by Crippen LogP contribution is 2.43. The zero-order valence-corrected chi connectivity index (χ0v) is 23.1. The number of fused-ring (bicyclic) bond motifs is 2. The molecule has 4 aromatic carbocycles. The number of aromatic hydroxyl groups is 2. The molecule has 0 bridgehead atoms. The molecule has 4 aromatic rings. The predicted molar refractivity (Wildman–Crippen MR) is 170 cm³/mol. The summed E-state index contributed by atoms with van der Waals surface area (Å²) in [6.45, 7) is 18.7. The monoisotopic (exact) mass is 536 g/mol. The van der Waals surface area contributed by atoms with Gasteiger partial charge >= 0.3 is 0 Å². The highest BCUT2D eigenvalue weighted by atomic mass is 16.5. The van der Waals surface area contributed by atoms with E-state index in [1.165, 1.54) is 0 Å². The largest absolute Gasteiger partial charge is 0.508 e. The molecule has 1 atom stereocenters. The van der Waals surface area contributed by atoms with Gasteiger partial charge in [0.15, 0.2) is 0 Å². The fourth-order valence-electron chi connectivity index (χ4n) is 5.10. The lowest BCUT2D eigenvalue weighted by atomic mass is 9.81. The van der Waals surface area contributed by atoms with Crippen LogP contribution in [0.1, 0.15) is 28.2 Å². The molecule has 1 aliphatic rings. The molecule has 202 valence electrons. The Kier molecular flexibility index (Phi) is 7.62. The van der Waals surface area contributed by atoms with Crippen LogP contribution in [-0.4, -0.2) is 10.2 Å². The zero-order chi connectivity index (χ0) is 29.1. The van der Waals surface area contributed by atoms with Crippen molar-refractivity contribution >= 4 is 26.3 Å². The predicted octanol–water partition coefficient (Wildman–Crippen LogP) is 6.25. The summed E-state index contributed by atoms with van der Waals surface area (Å²) < 4.78 is 6.55. The molecule has 0 saturated carbocycles. The van der Waals surface area contributed by atoms with Crippen LogP contribution in [0.3, 0.4) is 0 Å². The molecule has 0 spiro atoms. The van der Waals surface area contributed by atoms with E-state index in [2.05, 4.69) is 62.7 Å². The molecule has 1 aliphatic heterocycles. The average Bonchev–Trinajstić information content (AvgIpc) is 2.96. The molecule has 1 heterocycles. The van der Waals surface area contributed by atoms with Gasteiger partial charge in [0.2, 0.25) is 0 Å². The quantitative estimate of drug-likeness (QED) is 0.281. The number of hydrogen-bond acceptors (Lipinski definition) is 3. The van der Waals surface area contributed by atoms with E-state index in [1.807, 2.05) is 55.5 Å². The third-order valence-corrected chi connectivity index (χ3v) is 7.18. The number of rotatable bonds is 2. The molecule has 0 amide bonds. The molecule has 0 aromatic heterocycles. The van der Waals surface area contributed by atoms with Gasteiger partial charge in [-0.2, -0.15) is 0 Å². The van der Waals surface area contributed by atoms with Crippen molar-refractivity contribution < 1.29 is 14.9 Å². The van der Waals surface area contributed by atoms with Gasteiger partial charge in [-0.25, -0.2) is 0 Å². The lowest BCUT2D eigenvalue weighted by Gasteiger charge is -2.28. The second-order valence-electron chi connectivity index (χ2n) is 10.2. The van der Waals surface area contributed by atoms with Crippen molar-refractivity contribution in [2.75, 3.05) is 0 Å². The topological polar surface area (TPSA) is 49.7 Å². The average molecular weight is 537 g/mol. The first-order valence-electron chi connectivity index (χ1n) is 13.3. The van der Waals surface area contributed by atoms with Crippen molar-refractivity contribution in [3.05, 3.63) is 152 Å². The summed E-state index contributed by atoms with van der Waals surface area (Å²) in [5.74, 6) is 0.921. The smallest absolute Gasteiger partial charge is 0.132 e. The van der Waals surface area contributed by atoms with E-state index >= 15 is 0 Å². The Morgan fingerprint density at radius 3 is 1.80 bits per heavy atom. The Balaban J connectivity index is 1.91. The third kappa shape index (κ3) is 5.85. The van der Waals surface area contributed by atoms with Crippen molar-refractivity contribution in [2.24, 2.45) is 0 Å². The van der Waals surface area contributed by atoms with E-state index in [4.69, 9.17) is 4.74 Å². The van der Waals surface area contributed by atoms with Gasteiger partial charge in [0.1, 0.15) is 23.0 Å². The van der Waals surface area contributed by atoms with Gasteiger partial charge in [-0.3, -0.25) is 0 Å². The summed E-state index contributed by atoms with van der Waals surface area (Å²) in [6.07, 6.45) is 0. The third-order valence-electron chi connectivity index (χ3n) is 7.18.